The van der Waals surface area contributed by atoms with Gasteiger partial charge in [-0.15, -0.1) is 0 Å². The number of alkyl halides is 1. The molecule has 0 saturated heterocycles. The van der Waals surface area contributed by atoms with Gasteiger partial charge in [0, 0.05) is 10.7 Å². The molecule has 0 spiro atoms. The van der Waals surface area contributed by atoms with Crippen LogP contribution in [0.25, 0.3) is 0 Å². The molecule has 0 aromatic heterocycles. The Kier molecular flexibility index (Phi) is 4.84. The lowest BCUT2D eigenvalue weighted by Crippen LogP contribution is -2.54. The van der Waals surface area contributed by atoms with Crippen molar-refractivity contribution in [2.75, 3.05) is 6.54 Å². The van der Waals surface area contributed by atoms with E-state index in [9.17, 15) is 9.59 Å². The second kappa shape index (κ2) is 6.99. The molecule has 0 aliphatic heterocycles. The van der Waals surface area contributed by atoms with Crippen LogP contribution >= 0.6 is 15.9 Å². The summed E-state index contributed by atoms with van der Waals surface area (Å²) >= 11 is 3.98. The number of amides is 1. The van der Waals surface area contributed by atoms with Crippen molar-refractivity contribution in [3.05, 3.63) is 35.9 Å². The van der Waals surface area contributed by atoms with Gasteiger partial charge in [-0.2, -0.15) is 0 Å². The summed E-state index contributed by atoms with van der Waals surface area (Å²) in [7, 11) is 0. The lowest BCUT2D eigenvalue weighted by atomic mass is 9.48. The van der Waals surface area contributed by atoms with Crippen LogP contribution in [-0.4, -0.2) is 22.7 Å². The molecular weight excluding hydrogens is 394 g/mol. The van der Waals surface area contributed by atoms with Crippen LogP contribution in [0, 0.1) is 17.3 Å². The van der Waals surface area contributed by atoms with Gasteiger partial charge < -0.3 is 10.1 Å². The maximum atomic E-state index is 12.5. The van der Waals surface area contributed by atoms with Gasteiger partial charge >= 0.3 is 5.97 Å². The summed E-state index contributed by atoms with van der Waals surface area (Å²) < 4.78 is 5.48. The Labute approximate surface area is 163 Å². The molecule has 4 bridgehead atoms. The molecule has 0 radical (unpaired) electrons. The molecule has 4 aliphatic carbocycles. The number of rotatable bonds is 6. The molecule has 4 saturated carbocycles. The van der Waals surface area contributed by atoms with Gasteiger partial charge in [0.15, 0.2) is 0 Å². The first-order chi connectivity index (χ1) is 12.4. The Morgan fingerprint density at radius 2 is 1.81 bits per heavy atom. The van der Waals surface area contributed by atoms with Crippen LogP contribution in [-0.2, 0) is 20.9 Å². The molecule has 0 heterocycles. The van der Waals surface area contributed by atoms with Crippen LogP contribution in [0.15, 0.2) is 30.3 Å². The second-order valence-electron chi connectivity index (χ2n) is 8.71. The molecule has 2 atom stereocenters. The quantitative estimate of drug-likeness (QED) is 0.560. The fourth-order valence-corrected chi connectivity index (χ4v) is 7.42. The van der Waals surface area contributed by atoms with Crippen LogP contribution in [0.2, 0.25) is 0 Å². The highest BCUT2D eigenvalue weighted by atomic mass is 79.9. The van der Waals surface area contributed by atoms with E-state index in [1.54, 1.807) is 0 Å². The number of halogens is 1. The lowest BCUT2D eigenvalue weighted by Gasteiger charge is -2.60. The molecule has 1 aromatic carbocycles. The zero-order valence-electron chi connectivity index (χ0n) is 15.0. The monoisotopic (exact) mass is 419 g/mol. The van der Waals surface area contributed by atoms with Crippen molar-refractivity contribution >= 4 is 27.8 Å². The summed E-state index contributed by atoms with van der Waals surface area (Å²) in [6.45, 7) is 0.197. The van der Waals surface area contributed by atoms with E-state index >= 15 is 0 Å². The van der Waals surface area contributed by atoms with E-state index in [2.05, 4.69) is 21.2 Å². The molecule has 5 heteroatoms. The van der Waals surface area contributed by atoms with Crippen molar-refractivity contribution in [1.29, 1.82) is 0 Å². The predicted molar refractivity (Wildman–Crippen MR) is 103 cm³/mol. The first-order valence-corrected chi connectivity index (χ1v) is 10.4. The van der Waals surface area contributed by atoms with E-state index in [-0.39, 0.29) is 34.8 Å². The number of hydrogen-bond acceptors (Lipinski definition) is 3. The molecule has 4 fully saturated rings. The normalized spacial score (nSPS) is 34.5. The molecule has 4 nitrogen and oxygen atoms in total. The number of hydrogen-bond donors (Lipinski definition) is 1. The fraction of sp³-hybridized carbons (Fsp3) is 0.619. The molecule has 1 aromatic rings. The molecule has 1 N–H and O–H groups in total. The number of ether oxygens (including phenoxy) is 1. The number of nitrogens with one attached hydrogen (secondary N) is 1. The third-order valence-corrected chi connectivity index (χ3v) is 7.25. The minimum atomic E-state index is -0.385. The second-order valence-corrected chi connectivity index (χ2v) is 10.4. The van der Waals surface area contributed by atoms with Gasteiger partial charge in [-0.05, 0) is 61.3 Å². The van der Waals surface area contributed by atoms with Crippen LogP contribution in [0.4, 0.5) is 0 Å². The van der Waals surface area contributed by atoms with Crippen LogP contribution in [0.5, 0.6) is 0 Å². The maximum absolute atomic E-state index is 12.5. The Balaban J connectivity index is 1.25. The van der Waals surface area contributed by atoms with Gasteiger partial charge in [0.25, 0.3) is 0 Å². The minimum absolute atomic E-state index is 0.0142. The Morgan fingerprint density at radius 3 is 2.46 bits per heavy atom. The summed E-state index contributed by atoms with van der Waals surface area (Å²) in [5, 5.41) is 2.78. The molecule has 4 aliphatic rings. The summed E-state index contributed by atoms with van der Waals surface area (Å²) in [6, 6.07) is 9.57. The largest absolute Gasteiger partial charge is 0.460 e. The van der Waals surface area contributed by atoms with E-state index < -0.39 is 0 Å². The molecule has 2 unspecified atom stereocenters. The minimum Gasteiger partial charge on any atom is -0.460 e. The van der Waals surface area contributed by atoms with Crippen LogP contribution < -0.4 is 5.32 Å². The Morgan fingerprint density at radius 1 is 1.12 bits per heavy atom. The molecule has 1 amide bonds. The highest BCUT2D eigenvalue weighted by molar-refractivity contribution is 9.10. The molecule has 26 heavy (non-hydrogen) atoms. The van der Waals surface area contributed by atoms with Crippen molar-refractivity contribution in [2.45, 2.75) is 55.9 Å². The molecule has 5 rings (SSSR count). The summed E-state index contributed by atoms with van der Waals surface area (Å²) in [4.78, 5) is 24.4. The zero-order valence-corrected chi connectivity index (χ0v) is 16.6. The van der Waals surface area contributed by atoms with Gasteiger partial charge in [0.05, 0.1) is 0 Å². The average molecular weight is 420 g/mol. The first kappa shape index (κ1) is 18.0. The average Bonchev–Trinajstić information content (AvgIpc) is 2.56. The maximum Gasteiger partial charge on any atom is 0.325 e. The summed E-state index contributed by atoms with van der Waals surface area (Å²) in [5.74, 6) is 1.13. The number of benzene rings is 1. The van der Waals surface area contributed by atoms with Gasteiger partial charge in [0.1, 0.15) is 13.2 Å². The third-order valence-electron chi connectivity index (χ3n) is 6.32. The zero-order chi connectivity index (χ0) is 18.2. The van der Waals surface area contributed by atoms with E-state index in [1.807, 2.05) is 30.3 Å². The summed E-state index contributed by atoms with van der Waals surface area (Å²) in [5.41, 5.74) is 1.08. The van der Waals surface area contributed by atoms with Gasteiger partial charge in [-0.1, -0.05) is 46.3 Å². The topological polar surface area (TPSA) is 55.4 Å². The Bertz CT molecular complexity index is 676. The van der Waals surface area contributed by atoms with Gasteiger partial charge in [-0.25, -0.2) is 0 Å². The van der Waals surface area contributed by atoms with Crippen LogP contribution in [0.3, 0.4) is 0 Å². The van der Waals surface area contributed by atoms with Crippen molar-refractivity contribution in [3.63, 3.8) is 0 Å². The van der Waals surface area contributed by atoms with Crippen molar-refractivity contribution in [2.24, 2.45) is 17.3 Å². The molecular formula is C21H26BrNO3. The highest BCUT2D eigenvalue weighted by Crippen LogP contribution is 2.65. The smallest absolute Gasteiger partial charge is 0.325 e. The van der Waals surface area contributed by atoms with Crippen molar-refractivity contribution in [1.82, 2.24) is 5.32 Å². The third kappa shape index (κ3) is 3.98. The van der Waals surface area contributed by atoms with E-state index in [1.165, 1.54) is 32.1 Å². The summed E-state index contributed by atoms with van der Waals surface area (Å²) in [6.07, 6.45) is 7.84. The predicted octanol–water partition coefficient (Wildman–Crippen LogP) is 3.97. The first-order valence-electron chi connectivity index (χ1n) is 9.59. The number of carbonyl (C=O) groups is 2. The van der Waals surface area contributed by atoms with Crippen molar-refractivity contribution < 1.29 is 14.3 Å². The Hall–Kier alpha value is -1.36. The van der Waals surface area contributed by atoms with Crippen molar-refractivity contribution in [3.8, 4) is 0 Å². The van der Waals surface area contributed by atoms with E-state index in [0.717, 1.165) is 23.8 Å². The number of esters is 1. The highest BCUT2D eigenvalue weighted by Gasteiger charge is 2.57. The van der Waals surface area contributed by atoms with E-state index in [4.69, 9.17) is 4.74 Å². The lowest BCUT2D eigenvalue weighted by molar-refractivity contribution is -0.145. The van der Waals surface area contributed by atoms with E-state index in [0.29, 0.717) is 6.42 Å². The van der Waals surface area contributed by atoms with Crippen LogP contribution in [0.1, 0.15) is 50.5 Å². The van der Waals surface area contributed by atoms with Gasteiger partial charge in [-0.3, -0.25) is 9.59 Å². The fourth-order valence-electron chi connectivity index (χ4n) is 5.91. The molecule has 140 valence electrons. The van der Waals surface area contributed by atoms with Gasteiger partial charge in [0.2, 0.25) is 5.91 Å². The number of carbonyl (C=O) groups excluding carboxylic acids is 2. The standard InChI is InChI=1S/C21H26BrNO3/c22-21-9-16-6-17(10-21)8-20(7-16,14-21)11-18(24)23-12-19(25)26-13-15-4-2-1-3-5-15/h1-5,16-17H,6-14H2,(H,23,24). The SMILES string of the molecule is O=C(CC12CC3CC(CC(Br)(C3)C1)C2)NCC(=O)OCc1ccccc1.